The third kappa shape index (κ3) is 3.34. The van der Waals surface area contributed by atoms with E-state index in [0.29, 0.717) is 11.8 Å². The van der Waals surface area contributed by atoms with E-state index in [-0.39, 0.29) is 5.91 Å². The molecule has 1 aromatic rings. The fourth-order valence-electron chi connectivity index (χ4n) is 3.87. The summed E-state index contributed by atoms with van der Waals surface area (Å²) in [6, 6.07) is 1.97. The van der Waals surface area contributed by atoms with Gasteiger partial charge in [-0.15, -0.1) is 0 Å². The van der Waals surface area contributed by atoms with Crippen LogP contribution in [0.25, 0.3) is 0 Å². The maximum absolute atomic E-state index is 12.7. The monoisotopic (exact) mass is 333 g/mol. The van der Waals surface area contributed by atoms with Crippen LogP contribution < -0.4 is 0 Å². The maximum atomic E-state index is 12.7. The lowest BCUT2D eigenvalue weighted by Gasteiger charge is -2.35. The van der Waals surface area contributed by atoms with Gasteiger partial charge in [0.1, 0.15) is 0 Å². The molecule has 7 heteroatoms. The van der Waals surface area contributed by atoms with Crippen LogP contribution in [0.5, 0.6) is 0 Å². The first kappa shape index (κ1) is 16.1. The number of likely N-dealkylation sites (N-methyl/N-ethyl adjacent to an activating group) is 1. The molecular weight excluding hydrogens is 306 g/mol. The zero-order valence-corrected chi connectivity index (χ0v) is 14.5. The van der Waals surface area contributed by atoms with E-state index in [1.54, 1.807) is 0 Å². The van der Waals surface area contributed by atoms with Gasteiger partial charge < -0.3 is 9.64 Å². The molecule has 2 saturated heterocycles. The van der Waals surface area contributed by atoms with Crippen LogP contribution in [0.1, 0.15) is 29.0 Å². The fraction of sp³-hybridized carbons (Fsp3) is 0.765. The fourth-order valence-corrected chi connectivity index (χ4v) is 3.87. The van der Waals surface area contributed by atoms with E-state index in [4.69, 9.17) is 4.74 Å². The molecule has 4 rings (SSSR count). The highest BCUT2D eigenvalue weighted by molar-refractivity contribution is 5.92. The Balaban J connectivity index is 1.33. The molecule has 1 atom stereocenters. The Bertz CT molecular complexity index is 588. The van der Waals surface area contributed by atoms with E-state index < -0.39 is 0 Å². The average molecular weight is 333 g/mol. The van der Waals surface area contributed by atoms with Crippen LogP contribution in [0.15, 0.2) is 6.07 Å². The largest absolute Gasteiger partial charge is 0.377 e. The van der Waals surface area contributed by atoms with Crippen LogP contribution in [-0.2, 0) is 17.8 Å². The van der Waals surface area contributed by atoms with Crippen LogP contribution in [0.3, 0.4) is 0 Å². The Morgan fingerprint density at radius 2 is 2.08 bits per heavy atom. The van der Waals surface area contributed by atoms with Gasteiger partial charge in [-0.3, -0.25) is 19.3 Å². The molecule has 0 aromatic carbocycles. The number of piperazine rings is 1. The number of ether oxygens (including phenoxy) is 1. The van der Waals surface area contributed by atoms with E-state index in [1.807, 2.05) is 15.6 Å². The number of rotatable bonds is 3. The molecule has 0 aliphatic carbocycles. The molecule has 4 heterocycles. The smallest absolute Gasteiger partial charge is 0.274 e. The number of aromatic nitrogens is 2. The average Bonchev–Trinajstić information content (AvgIpc) is 3.24. The summed E-state index contributed by atoms with van der Waals surface area (Å²) < 4.78 is 7.70. The third-order valence-corrected chi connectivity index (χ3v) is 5.35. The molecule has 7 nitrogen and oxygen atoms in total. The van der Waals surface area contributed by atoms with E-state index in [0.717, 1.165) is 64.7 Å². The van der Waals surface area contributed by atoms with Crippen molar-refractivity contribution in [3.8, 4) is 0 Å². The summed E-state index contributed by atoms with van der Waals surface area (Å²) in [5.41, 5.74) is 1.75. The van der Waals surface area contributed by atoms with Gasteiger partial charge in [0, 0.05) is 52.4 Å². The van der Waals surface area contributed by atoms with E-state index in [9.17, 15) is 4.79 Å². The van der Waals surface area contributed by atoms with Gasteiger partial charge in [-0.05, 0) is 26.0 Å². The van der Waals surface area contributed by atoms with Crippen molar-refractivity contribution < 1.29 is 9.53 Å². The Kier molecular flexibility index (Phi) is 4.56. The molecule has 1 amide bonds. The number of amides is 1. The van der Waals surface area contributed by atoms with Crippen molar-refractivity contribution in [2.75, 3.05) is 52.9 Å². The predicted octanol–water partition coefficient (Wildman–Crippen LogP) is 0.265. The summed E-state index contributed by atoms with van der Waals surface area (Å²) in [5, 5.41) is 4.53. The van der Waals surface area contributed by atoms with Gasteiger partial charge in [-0.1, -0.05) is 0 Å². The van der Waals surface area contributed by atoms with Crippen molar-refractivity contribution in [1.29, 1.82) is 0 Å². The zero-order chi connectivity index (χ0) is 16.5. The molecule has 24 heavy (non-hydrogen) atoms. The Morgan fingerprint density at radius 3 is 2.83 bits per heavy atom. The molecule has 3 aliphatic heterocycles. The van der Waals surface area contributed by atoms with Crippen molar-refractivity contribution in [1.82, 2.24) is 24.5 Å². The summed E-state index contributed by atoms with van der Waals surface area (Å²) in [6.45, 7) is 8.08. The molecule has 0 unspecified atom stereocenters. The Morgan fingerprint density at radius 1 is 1.25 bits per heavy atom. The number of carbonyl (C=O) groups is 1. The lowest BCUT2D eigenvalue weighted by atomic mass is 10.2. The van der Waals surface area contributed by atoms with E-state index in [1.165, 1.54) is 12.8 Å². The van der Waals surface area contributed by atoms with Crippen molar-refractivity contribution in [3.63, 3.8) is 0 Å². The second kappa shape index (κ2) is 6.82. The third-order valence-electron chi connectivity index (χ3n) is 5.35. The van der Waals surface area contributed by atoms with Gasteiger partial charge in [-0.2, -0.15) is 5.10 Å². The number of hydrogen-bond donors (Lipinski definition) is 0. The molecular formula is C17H27N5O2. The first-order chi connectivity index (χ1) is 11.7. The molecule has 0 N–H and O–H groups in total. The van der Waals surface area contributed by atoms with Crippen LogP contribution in [0.4, 0.5) is 0 Å². The summed E-state index contributed by atoms with van der Waals surface area (Å²) in [4.78, 5) is 19.4. The van der Waals surface area contributed by atoms with Gasteiger partial charge >= 0.3 is 0 Å². The van der Waals surface area contributed by atoms with Crippen LogP contribution in [0, 0.1) is 0 Å². The van der Waals surface area contributed by atoms with Gasteiger partial charge in [0.15, 0.2) is 5.69 Å². The van der Waals surface area contributed by atoms with Crippen molar-refractivity contribution >= 4 is 5.91 Å². The van der Waals surface area contributed by atoms with Crippen molar-refractivity contribution in [2.24, 2.45) is 0 Å². The van der Waals surface area contributed by atoms with Gasteiger partial charge in [0.2, 0.25) is 0 Å². The van der Waals surface area contributed by atoms with Crippen LogP contribution in [-0.4, -0.2) is 89.4 Å². The summed E-state index contributed by atoms with van der Waals surface area (Å²) in [6.07, 6.45) is 2.75. The Labute approximate surface area is 143 Å². The van der Waals surface area contributed by atoms with Crippen LogP contribution >= 0.6 is 0 Å². The minimum absolute atomic E-state index is 0.0799. The molecule has 132 valence electrons. The SMILES string of the molecule is CN1CCn2nc(C(=O)N3CCN(C[C@@H]4CCCO4)CC3)cc2C1. The lowest BCUT2D eigenvalue weighted by molar-refractivity contribution is 0.0429. The van der Waals surface area contributed by atoms with E-state index in [2.05, 4.69) is 21.9 Å². The molecule has 2 fully saturated rings. The summed E-state index contributed by atoms with van der Waals surface area (Å²) >= 11 is 0. The number of carbonyl (C=O) groups excluding carboxylic acids is 1. The first-order valence-electron chi connectivity index (χ1n) is 9.07. The minimum Gasteiger partial charge on any atom is -0.377 e. The summed E-state index contributed by atoms with van der Waals surface area (Å²) in [7, 11) is 2.10. The highest BCUT2D eigenvalue weighted by Gasteiger charge is 2.27. The van der Waals surface area contributed by atoms with Crippen molar-refractivity contribution in [3.05, 3.63) is 17.5 Å². The van der Waals surface area contributed by atoms with Gasteiger partial charge in [-0.25, -0.2) is 0 Å². The second-order valence-corrected chi connectivity index (χ2v) is 7.21. The topological polar surface area (TPSA) is 53.8 Å². The number of nitrogens with zero attached hydrogens (tertiary/aromatic N) is 5. The van der Waals surface area contributed by atoms with Crippen LogP contribution in [0.2, 0.25) is 0 Å². The van der Waals surface area contributed by atoms with Gasteiger partial charge in [0.05, 0.1) is 18.3 Å². The van der Waals surface area contributed by atoms with E-state index >= 15 is 0 Å². The van der Waals surface area contributed by atoms with Gasteiger partial charge in [0.25, 0.3) is 5.91 Å². The first-order valence-corrected chi connectivity index (χ1v) is 9.07. The molecule has 0 radical (unpaired) electrons. The standard InChI is InChI=1S/C17H27N5O2/c1-19-4-9-22-14(12-19)11-16(18-22)17(23)21-7-5-20(6-8-21)13-15-3-2-10-24-15/h11,15H,2-10,12-13H2,1H3/t15-/m0/s1. The number of hydrogen-bond acceptors (Lipinski definition) is 5. The quantitative estimate of drug-likeness (QED) is 0.795. The maximum Gasteiger partial charge on any atom is 0.274 e. The lowest BCUT2D eigenvalue weighted by Crippen LogP contribution is -2.50. The Hall–Kier alpha value is -1.44. The second-order valence-electron chi connectivity index (χ2n) is 7.21. The highest BCUT2D eigenvalue weighted by atomic mass is 16.5. The summed E-state index contributed by atoms with van der Waals surface area (Å²) in [5.74, 6) is 0.0799. The zero-order valence-electron chi connectivity index (χ0n) is 14.5. The minimum atomic E-state index is 0.0799. The molecule has 0 saturated carbocycles. The van der Waals surface area contributed by atoms with Crippen molar-refractivity contribution in [2.45, 2.75) is 32.0 Å². The predicted molar refractivity (Wildman–Crippen MR) is 89.9 cm³/mol. The number of fused-ring (bicyclic) bond motifs is 1. The molecule has 3 aliphatic rings. The highest BCUT2D eigenvalue weighted by Crippen LogP contribution is 2.17. The molecule has 0 spiro atoms. The normalized spacial score (nSPS) is 25.9. The molecule has 0 bridgehead atoms. The molecule has 1 aromatic heterocycles.